The Kier molecular flexibility index (Phi) is 8.78. The van der Waals surface area contributed by atoms with Crippen molar-refractivity contribution in [3.8, 4) is 0 Å². The molecule has 0 saturated carbocycles. The van der Waals surface area contributed by atoms with Crippen LogP contribution in [-0.4, -0.2) is 43.3 Å². The molecule has 0 aromatic carbocycles. The summed E-state index contributed by atoms with van der Waals surface area (Å²) in [5.41, 5.74) is -0.716. The maximum atomic E-state index is 11.4. The molecule has 0 bridgehead atoms. The Bertz CT molecular complexity index is 140. The third-order valence-electron chi connectivity index (χ3n) is 1.29. The van der Waals surface area contributed by atoms with Crippen molar-refractivity contribution in [3.63, 3.8) is 0 Å². The highest BCUT2D eigenvalue weighted by atomic mass is 19.5. The Morgan fingerprint density at radius 3 is 1.60 bits per heavy atom. The van der Waals surface area contributed by atoms with Crippen LogP contribution in [0.3, 0.4) is 0 Å². The molecule has 0 aromatic heterocycles. The van der Waals surface area contributed by atoms with Crippen LogP contribution in [0.5, 0.6) is 0 Å². The van der Waals surface area contributed by atoms with Crippen molar-refractivity contribution in [1.29, 1.82) is 0 Å². The molecule has 0 rings (SSSR count). The zero-order valence-electron chi connectivity index (χ0n) is 8.02. The third kappa shape index (κ3) is 16.2. The zero-order chi connectivity index (χ0) is 12.5. The number of halogens is 5. The molecule has 8 heteroatoms. The summed E-state index contributed by atoms with van der Waals surface area (Å²) >= 11 is 0. The van der Waals surface area contributed by atoms with E-state index >= 15 is 0 Å². The molecule has 0 aromatic rings. The minimum absolute atomic E-state index is 0.0382. The molecule has 0 aliphatic heterocycles. The van der Waals surface area contributed by atoms with Crippen LogP contribution in [0.15, 0.2) is 0 Å². The second-order valence-electron chi connectivity index (χ2n) is 3.01. The fourth-order valence-corrected chi connectivity index (χ4v) is 0.426. The maximum Gasteiger partial charge on any atom is 0.559 e. The molecular weight excluding hydrogens is 227 g/mol. The Morgan fingerprint density at radius 1 is 1.07 bits per heavy atom. The number of alkyl halides is 5. The number of ether oxygens (including phenoxy) is 1. The smallest absolute Gasteiger partial charge is 0.396 e. The van der Waals surface area contributed by atoms with Crippen LogP contribution in [0.1, 0.15) is 6.92 Å². The van der Waals surface area contributed by atoms with Crippen molar-refractivity contribution >= 4 is 0 Å². The van der Waals surface area contributed by atoms with Gasteiger partial charge in [0.15, 0.2) is 6.86 Å². The summed E-state index contributed by atoms with van der Waals surface area (Å²) in [6.07, 6.45) is -5.50. The van der Waals surface area contributed by atoms with Crippen LogP contribution < -0.4 is 0 Å². The van der Waals surface area contributed by atoms with E-state index in [0.717, 1.165) is 0 Å². The van der Waals surface area contributed by atoms with Gasteiger partial charge in [-0.1, -0.05) is 6.92 Å². The van der Waals surface area contributed by atoms with Crippen LogP contribution in [0, 0.1) is 5.41 Å². The number of aliphatic hydroxyl groups is 2. The highest BCUT2D eigenvalue weighted by Gasteiger charge is 2.24. The van der Waals surface area contributed by atoms with E-state index in [1.807, 2.05) is 0 Å². The summed E-state index contributed by atoms with van der Waals surface area (Å²) in [6, 6.07) is 0. The average molecular weight is 240 g/mol. The molecule has 2 N–H and O–H groups in total. The normalized spacial score (nSPS) is 12.0. The first kappa shape index (κ1) is 16.9. The summed E-state index contributed by atoms with van der Waals surface area (Å²) in [6.45, 7) is 0.363. The highest BCUT2D eigenvalue weighted by Crippen LogP contribution is 2.14. The van der Waals surface area contributed by atoms with E-state index in [9.17, 15) is 22.0 Å². The Labute approximate surface area is 83.5 Å². The third-order valence-corrected chi connectivity index (χ3v) is 1.29. The van der Waals surface area contributed by atoms with Gasteiger partial charge in [-0.2, -0.15) is 0 Å². The zero-order valence-corrected chi connectivity index (χ0v) is 8.02. The molecule has 0 aliphatic carbocycles. The van der Waals surface area contributed by atoms with E-state index < -0.39 is 18.7 Å². The molecule has 0 atom stereocenters. The predicted molar refractivity (Wildman–Crippen MR) is 41.4 cm³/mol. The number of hydrogen-bond acceptors (Lipinski definition) is 3. The molecule has 15 heavy (non-hydrogen) atoms. The first-order chi connectivity index (χ1) is 6.68. The number of aliphatic hydroxyl groups excluding tert-OH is 2. The summed E-state index contributed by atoms with van der Waals surface area (Å²) < 4.78 is 54.6. The van der Waals surface area contributed by atoms with Gasteiger partial charge in [-0.15, -0.1) is 17.6 Å². The SMILES string of the molecule is CC(CO)(CO)COCF.FC(F)(F)F. The van der Waals surface area contributed by atoms with Crippen LogP contribution in [0.25, 0.3) is 0 Å². The van der Waals surface area contributed by atoms with Crippen LogP contribution in [-0.2, 0) is 4.74 Å². The first-order valence-electron chi connectivity index (χ1n) is 3.79. The lowest BCUT2D eigenvalue weighted by Crippen LogP contribution is -2.31. The van der Waals surface area contributed by atoms with Gasteiger partial charge >= 0.3 is 6.43 Å². The lowest BCUT2D eigenvalue weighted by molar-refractivity contribution is -0.237. The van der Waals surface area contributed by atoms with Crippen molar-refractivity contribution in [1.82, 2.24) is 0 Å². The minimum Gasteiger partial charge on any atom is -0.396 e. The Morgan fingerprint density at radius 2 is 1.40 bits per heavy atom. The van der Waals surface area contributed by atoms with Gasteiger partial charge in [0.25, 0.3) is 0 Å². The molecule has 3 nitrogen and oxygen atoms in total. The Balaban J connectivity index is 0. The van der Waals surface area contributed by atoms with E-state index in [-0.39, 0.29) is 19.8 Å². The monoisotopic (exact) mass is 240 g/mol. The highest BCUT2D eigenvalue weighted by molar-refractivity contribution is 4.70. The Hall–Kier alpha value is -0.470. The van der Waals surface area contributed by atoms with Gasteiger partial charge in [-0.05, 0) is 0 Å². The average Bonchev–Trinajstić information content (AvgIpc) is 2.12. The summed E-state index contributed by atoms with van der Waals surface area (Å²) in [5.74, 6) is 0. The molecule has 0 amide bonds. The van der Waals surface area contributed by atoms with E-state index in [1.165, 1.54) is 0 Å². The molecule has 0 radical (unpaired) electrons. The quantitative estimate of drug-likeness (QED) is 0.714. The van der Waals surface area contributed by atoms with Gasteiger partial charge < -0.3 is 14.9 Å². The lowest BCUT2D eigenvalue weighted by Gasteiger charge is -2.22. The fourth-order valence-electron chi connectivity index (χ4n) is 0.426. The van der Waals surface area contributed by atoms with Crippen LogP contribution >= 0.6 is 0 Å². The molecule has 0 heterocycles. The van der Waals surface area contributed by atoms with Gasteiger partial charge in [-0.25, -0.2) is 4.39 Å². The minimum atomic E-state index is -5.50. The second-order valence-corrected chi connectivity index (χ2v) is 3.01. The van der Waals surface area contributed by atoms with Gasteiger partial charge in [-0.3, -0.25) is 0 Å². The van der Waals surface area contributed by atoms with E-state index in [4.69, 9.17) is 10.2 Å². The maximum absolute atomic E-state index is 11.4. The van der Waals surface area contributed by atoms with Crippen LogP contribution in [0.4, 0.5) is 22.0 Å². The topological polar surface area (TPSA) is 49.7 Å². The lowest BCUT2D eigenvalue weighted by atomic mass is 9.95. The summed E-state index contributed by atoms with van der Waals surface area (Å²) in [7, 11) is 0. The van der Waals surface area contributed by atoms with Crippen molar-refractivity contribution in [2.45, 2.75) is 13.4 Å². The van der Waals surface area contributed by atoms with Gasteiger partial charge in [0.2, 0.25) is 0 Å². The fraction of sp³-hybridized carbons (Fsp3) is 1.00. The largest absolute Gasteiger partial charge is 0.559 e. The predicted octanol–water partition coefficient (Wildman–Crippen LogP) is 1.40. The molecule has 0 aliphatic rings. The van der Waals surface area contributed by atoms with Gasteiger partial charge in [0.1, 0.15) is 0 Å². The van der Waals surface area contributed by atoms with Crippen molar-refractivity contribution in [2.24, 2.45) is 5.41 Å². The van der Waals surface area contributed by atoms with Gasteiger partial charge in [0.05, 0.1) is 19.8 Å². The van der Waals surface area contributed by atoms with E-state index in [1.54, 1.807) is 6.92 Å². The molecule has 0 saturated heterocycles. The van der Waals surface area contributed by atoms with Gasteiger partial charge in [0, 0.05) is 5.41 Å². The second kappa shape index (κ2) is 7.77. The standard InChI is InChI=1S/C6H13FO3.CF4/c1-6(2-8,3-9)4-10-5-7;2-1(3,4)5/h8-9H,2-5H2,1H3;. The summed E-state index contributed by atoms with van der Waals surface area (Å²) in [5, 5.41) is 17.3. The molecule has 0 unspecified atom stereocenters. The summed E-state index contributed by atoms with van der Waals surface area (Å²) in [4.78, 5) is 0. The molecule has 94 valence electrons. The molecule has 0 fully saturated rings. The van der Waals surface area contributed by atoms with Crippen LogP contribution in [0.2, 0.25) is 0 Å². The van der Waals surface area contributed by atoms with E-state index in [2.05, 4.69) is 4.74 Å². The molecular formula is C7H13F5O3. The number of rotatable bonds is 5. The molecule has 0 spiro atoms. The number of hydrogen-bond donors (Lipinski definition) is 2. The van der Waals surface area contributed by atoms with E-state index in [0.29, 0.717) is 0 Å². The first-order valence-corrected chi connectivity index (χ1v) is 3.79. The van der Waals surface area contributed by atoms with Crippen molar-refractivity contribution in [3.05, 3.63) is 0 Å². The van der Waals surface area contributed by atoms with Crippen molar-refractivity contribution in [2.75, 3.05) is 26.7 Å². The van der Waals surface area contributed by atoms with Crippen molar-refractivity contribution < 1.29 is 36.9 Å².